The Labute approximate surface area is 74.9 Å². The molecule has 1 aromatic carbocycles. The molecule has 1 atom stereocenters. The van der Waals surface area contributed by atoms with Gasteiger partial charge in [-0.1, -0.05) is 31.2 Å². The van der Waals surface area contributed by atoms with Gasteiger partial charge in [0.05, 0.1) is 0 Å². The fraction of sp³-hybridized carbons (Fsp3) is 0.333. The molecule has 1 aromatic rings. The van der Waals surface area contributed by atoms with Crippen LogP contribution < -0.4 is 0 Å². The Hall–Kier alpha value is -1.04. The zero-order chi connectivity index (χ0) is 9.14. The summed E-state index contributed by atoms with van der Waals surface area (Å²) in [5.41, 5.74) is 4.15. The van der Waals surface area contributed by atoms with Crippen LogP contribution in [0.3, 0.4) is 0 Å². The minimum Gasteiger partial charge on any atom is -0.102 e. The van der Waals surface area contributed by atoms with E-state index in [2.05, 4.69) is 45.5 Å². The van der Waals surface area contributed by atoms with E-state index in [0.29, 0.717) is 5.92 Å². The predicted octanol–water partition coefficient (Wildman–Crippen LogP) is 3.59. The lowest BCUT2D eigenvalue weighted by atomic mass is 9.94. The number of hydrogen-bond donors (Lipinski definition) is 0. The summed E-state index contributed by atoms with van der Waals surface area (Å²) in [4.78, 5) is 0. The predicted molar refractivity (Wildman–Crippen MR) is 54.5 cm³/mol. The molecule has 0 spiro atoms. The van der Waals surface area contributed by atoms with Crippen LogP contribution in [0.25, 0.3) is 0 Å². The Bertz CT molecular complexity index is 284. The third-order valence-electron chi connectivity index (χ3n) is 2.49. The molecule has 1 unspecified atom stereocenters. The van der Waals surface area contributed by atoms with E-state index in [1.807, 2.05) is 6.08 Å². The second-order valence-electron chi connectivity index (χ2n) is 3.31. The largest absolute Gasteiger partial charge is 0.102 e. The fourth-order valence-electron chi connectivity index (χ4n) is 1.39. The highest BCUT2D eigenvalue weighted by Gasteiger charge is 2.04. The molecule has 0 saturated heterocycles. The molecule has 0 fully saturated rings. The van der Waals surface area contributed by atoms with Crippen molar-refractivity contribution in [2.24, 2.45) is 0 Å². The maximum absolute atomic E-state index is 3.81. The molecule has 0 aliphatic carbocycles. The van der Waals surface area contributed by atoms with Crippen LogP contribution in [0.4, 0.5) is 0 Å². The second kappa shape index (κ2) is 3.57. The smallest absolute Gasteiger partial charge is 0.00104 e. The van der Waals surface area contributed by atoms with E-state index in [1.165, 1.54) is 16.7 Å². The van der Waals surface area contributed by atoms with Crippen molar-refractivity contribution < 1.29 is 0 Å². The molecule has 64 valence electrons. The molecular weight excluding hydrogens is 144 g/mol. The zero-order valence-electron chi connectivity index (χ0n) is 8.09. The third kappa shape index (κ3) is 1.58. The molecule has 0 saturated carbocycles. The van der Waals surface area contributed by atoms with Gasteiger partial charge in [-0.25, -0.2) is 0 Å². The Kier molecular flexibility index (Phi) is 2.69. The number of rotatable bonds is 2. The summed E-state index contributed by atoms with van der Waals surface area (Å²) in [5.74, 6) is 0.463. The first-order valence-corrected chi connectivity index (χ1v) is 4.35. The maximum atomic E-state index is 3.81. The van der Waals surface area contributed by atoms with Crippen molar-refractivity contribution in [1.29, 1.82) is 0 Å². The van der Waals surface area contributed by atoms with Crippen LogP contribution in [0.5, 0.6) is 0 Å². The standard InChI is InChI=1S/C12H16/c1-5-9(2)12-8-6-7-10(3)11(12)4/h5-9H,1H2,2-4H3. The van der Waals surface area contributed by atoms with Gasteiger partial charge in [0, 0.05) is 0 Å². The molecule has 0 bridgehead atoms. The van der Waals surface area contributed by atoms with Crippen molar-refractivity contribution in [3.8, 4) is 0 Å². The van der Waals surface area contributed by atoms with Crippen LogP contribution in [-0.4, -0.2) is 0 Å². The number of allylic oxidation sites excluding steroid dienone is 1. The lowest BCUT2D eigenvalue weighted by Crippen LogP contribution is -1.94. The topological polar surface area (TPSA) is 0 Å². The van der Waals surface area contributed by atoms with Gasteiger partial charge in [0.15, 0.2) is 0 Å². The van der Waals surface area contributed by atoms with Crippen LogP contribution in [0.2, 0.25) is 0 Å². The average molecular weight is 160 g/mol. The minimum atomic E-state index is 0.463. The van der Waals surface area contributed by atoms with Crippen molar-refractivity contribution in [3.05, 3.63) is 47.5 Å². The normalized spacial score (nSPS) is 12.6. The maximum Gasteiger partial charge on any atom is -0.00104 e. The lowest BCUT2D eigenvalue weighted by molar-refractivity contribution is 0.950. The SMILES string of the molecule is C=CC(C)c1cccc(C)c1C. The van der Waals surface area contributed by atoms with Crippen molar-refractivity contribution in [2.75, 3.05) is 0 Å². The number of hydrogen-bond acceptors (Lipinski definition) is 0. The van der Waals surface area contributed by atoms with Crippen molar-refractivity contribution in [1.82, 2.24) is 0 Å². The van der Waals surface area contributed by atoms with Crippen LogP contribution >= 0.6 is 0 Å². The highest BCUT2D eigenvalue weighted by Crippen LogP contribution is 2.22. The first-order chi connectivity index (χ1) is 5.66. The molecule has 1 rings (SSSR count). The van der Waals surface area contributed by atoms with E-state index in [4.69, 9.17) is 0 Å². The molecule has 0 N–H and O–H groups in total. The average Bonchev–Trinajstić information content (AvgIpc) is 2.08. The van der Waals surface area contributed by atoms with Crippen LogP contribution in [0.1, 0.15) is 29.5 Å². The summed E-state index contributed by atoms with van der Waals surface area (Å²) >= 11 is 0. The summed E-state index contributed by atoms with van der Waals surface area (Å²) in [7, 11) is 0. The Morgan fingerprint density at radius 1 is 1.33 bits per heavy atom. The van der Waals surface area contributed by atoms with Crippen molar-refractivity contribution in [2.45, 2.75) is 26.7 Å². The van der Waals surface area contributed by atoms with Gasteiger partial charge in [-0.2, -0.15) is 0 Å². The van der Waals surface area contributed by atoms with Gasteiger partial charge in [-0.05, 0) is 36.5 Å². The molecule has 0 radical (unpaired) electrons. The summed E-state index contributed by atoms with van der Waals surface area (Å²) in [5, 5.41) is 0. The van der Waals surface area contributed by atoms with Gasteiger partial charge in [-0.3, -0.25) is 0 Å². The van der Waals surface area contributed by atoms with Crippen LogP contribution in [0, 0.1) is 13.8 Å². The van der Waals surface area contributed by atoms with E-state index in [-0.39, 0.29) is 0 Å². The quantitative estimate of drug-likeness (QED) is 0.580. The lowest BCUT2D eigenvalue weighted by Gasteiger charge is -2.11. The van der Waals surface area contributed by atoms with Crippen molar-refractivity contribution in [3.63, 3.8) is 0 Å². The molecule has 0 aliphatic rings. The zero-order valence-corrected chi connectivity index (χ0v) is 8.09. The van der Waals surface area contributed by atoms with Gasteiger partial charge in [0.25, 0.3) is 0 Å². The third-order valence-corrected chi connectivity index (χ3v) is 2.49. The van der Waals surface area contributed by atoms with Gasteiger partial charge >= 0.3 is 0 Å². The van der Waals surface area contributed by atoms with Gasteiger partial charge in [0.2, 0.25) is 0 Å². The second-order valence-corrected chi connectivity index (χ2v) is 3.31. The van der Waals surface area contributed by atoms with E-state index in [9.17, 15) is 0 Å². The molecule has 0 heterocycles. The molecule has 0 nitrogen and oxygen atoms in total. The van der Waals surface area contributed by atoms with Gasteiger partial charge in [-0.15, -0.1) is 6.58 Å². The Morgan fingerprint density at radius 3 is 2.58 bits per heavy atom. The molecular formula is C12H16. The van der Waals surface area contributed by atoms with Crippen LogP contribution in [0.15, 0.2) is 30.9 Å². The molecule has 0 heteroatoms. The first-order valence-electron chi connectivity index (χ1n) is 4.35. The fourth-order valence-corrected chi connectivity index (χ4v) is 1.39. The van der Waals surface area contributed by atoms with E-state index in [0.717, 1.165) is 0 Å². The Morgan fingerprint density at radius 2 is 2.00 bits per heavy atom. The highest BCUT2D eigenvalue weighted by molar-refractivity contribution is 5.36. The van der Waals surface area contributed by atoms with E-state index < -0.39 is 0 Å². The summed E-state index contributed by atoms with van der Waals surface area (Å²) in [6, 6.07) is 6.43. The summed E-state index contributed by atoms with van der Waals surface area (Å²) in [6.07, 6.45) is 1.99. The molecule has 0 amide bonds. The number of aryl methyl sites for hydroxylation is 1. The van der Waals surface area contributed by atoms with E-state index in [1.54, 1.807) is 0 Å². The number of benzene rings is 1. The molecule has 12 heavy (non-hydrogen) atoms. The molecule has 0 aromatic heterocycles. The minimum absolute atomic E-state index is 0.463. The Balaban J connectivity index is 3.15. The van der Waals surface area contributed by atoms with E-state index >= 15 is 0 Å². The highest BCUT2D eigenvalue weighted by atomic mass is 14.1. The van der Waals surface area contributed by atoms with Gasteiger partial charge < -0.3 is 0 Å². The first kappa shape index (κ1) is 9.05. The monoisotopic (exact) mass is 160 g/mol. The van der Waals surface area contributed by atoms with Crippen molar-refractivity contribution >= 4 is 0 Å². The van der Waals surface area contributed by atoms with Crippen LogP contribution in [-0.2, 0) is 0 Å². The summed E-state index contributed by atoms with van der Waals surface area (Å²) < 4.78 is 0. The van der Waals surface area contributed by atoms with Gasteiger partial charge in [0.1, 0.15) is 0 Å². The summed E-state index contributed by atoms with van der Waals surface area (Å²) in [6.45, 7) is 10.3. The molecule has 0 aliphatic heterocycles.